The van der Waals surface area contributed by atoms with Crippen molar-refractivity contribution >= 4 is 16.9 Å². The number of aryl methyl sites for hydroxylation is 1. The number of hydrogen-bond donors (Lipinski definition) is 1. The molecule has 0 aliphatic carbocycles. The second-order valence-corrected chi connectivity index (χ2v) is 6.06. The fourth-order valence-electron chi connectivity index (χ4n) is 2.93. The molecule has 1 aromatic heterocycles. The van der Waals surface area contributed by atoms with Crippen LogP contribution in [-0.4, -0.2) is 15.6 Å². The molecular weight excluding hydrogens is 274 g/mol. The Balaban J connectivity index is 1.79. The van der Waals surface area contributed by atoms with E-state index in [1.54, 1.807) is 12.1 Å². The van der Waals surface area contributed by atoms with Crippen molar-refractivity contribution < 1.29 is 9.90 Å². The van der Waals surface area contributed by atoms with E-state index in [2.05, 4.69) is 23.8 Å². The average Bonchev–Trinajstić information content (AvgIpc) is 2.92. The molecule has 0 amide bonds. The molecule has 1 aromatic carbocycles. The SMILES string of the molecule is CCCCCCCCCCn1ccc2ccc(C(=O)O)cc21. The largest absolute Gasteiger partial charge is 0.478 e. The third-order valence-electron chi connectivity index (χ3n) is 4.27. The average molecular weight is 301 g/mol. The van der Waals surface area contributed by atoms with E-state index in [0.717, 1.165) is 23.9 Å². The second kappa shape index (κ2) is 8.62. The minimum Gasteiger partial charge on any atom is -0.478 e. The van der Waals surface area contributed by atoms with Gasteiger partial charge in [-0.25, -0.2) is 4.79 Å². The minimum atomic E-state index is -0.860. The topological polar surface area (TPSA) is 42.2 Å². The fourth-order valence-corrected chi connectivity index (χ4v) is 2.93. The van der Waals surface area contributed by atoms with E-state index in [9.17, 15) is 4.79 Å². The number of aromatic carboxylic acids is 1. The Kier molecular flexibility index (Phi) is 6.50. The Morgan fingerprint density at radius 1 is 1.00 bits per heavy atom. The van der Waals surface area contributed by atoms with Crippen LogP contribution in [0.2, 0.25) is 0 Å². The molecule has 0 aliphatic rings. The molecule has 22 heavy (non-hydrogen) atoms. The molecule has 3 heteroatoms. The first kappa shape index (κ1) is 16.6. The van der Waals surface area contributed by atoms with Crippen LogP contribution in [0.5, 0.6) is 0 Å². The van der Waals surface area contributed by atoms with Gasteiger partial charge in [-0.15, -0.1) is 0 Å². The molecule has 2 rings (SSSR count). The van der Waals surface area contributed by atoms with Crippen molar-refractivity contribution in [2.75, 3.05) is 0 Å². The zero-order valence-electron chi connectivity index (χ0n) is 13.6. The number of unbranched alkanes of at least 4 members (excludes halogenated alkanes) is 7. The lowest BCUT2D eigenvalue weighted by molar-refractivity contribution is 0.0697. The second-order valence-electron chi connectivity index (χ2n) is 6.06. The highest BCUT2D eigenvalue weighted by molar-refractivity contribution is 5.93. The standard InChI is InChI=1S/C19H27NO2/c1-2-3-4-5-6-7-8-9-13-20-14-12-16-10-11-17(19(21)22)15-18(16)20/h10-12,14-15H,2-9,13H2,1H3,(H,21,22). The molecule has 0 unspecified atom stereocenters. The number of aromatic nitrogens is 1. The maximum Gasteiger partial charge on any atom is 0.335 e. The molecule has 0 spiro atoms. The quantitative estimate of drug-likeness (QED) is 0.590. The number of hydrogen-bond acceptors (Lipinski definition) is 1. The third kappa shape index (κ3) is 4.62. The zero-order valence-corrected chi connectivity index (χ0v) is 13.6. The summed E-state index contributed by atoms with van der Waals surface area (Å²) in [5.74, 6) is -0.860. The smallest absolute Gasteiger partial charge is 0.335 e. The molecule has 1 heterocycles. The number of rotatable bonds is 10. The van der Waals surface area contributed by atoms with E-state index in [1.165, 1.54) is 44.9 Å². The lowest BCUT2D eigenvalue weighted by atomic mass is 10.1. The summed E-state index contributed by atoms with van der Waals surface area (Å²) >= 11 is 0. The molecule has 0 bridgehead atoms. The predicted molar refractivity (Wildman–Crippen MR) is 91.5 cm³/mol. The van der Waals surface area contributed by atoms with Gasteiger partial charge in [0.25, 0.3) is 0 Å². The number of carbonyl (C=O) groups is 1. The molecule has 0 fully saturated rings. The summed E-state index contributed by atoms with van der Waals surface area (Å²) in [7, 11) is 0. The van der Waals surface area contributed by atoms with Crippen LogP contribution < -0.4 is 0 Å². The summed E-state index contributed by atoms with van der Waals surface area (Å²) in [4.78, 5) is 11.1. The molecule has 2 aromatic rings. The number of benzene rings is 1. The molecule has 1 N–H and O–H groups in total. The van der Waals surface area contributed by atoms with Crippen molar-refractivity contribution in [3.05, 3.63) is 36.0 Å². The Morgan fingerprint density at radius 3 is 2.36 bits per heavy atom. The van der Waals surface area contributed by atoms with Crippen molar-refractivity contribution in [2.24, 2.45) is 0 Å². The number of nitrogens with zero attached hydrogens (tertiary/aromatic N) is 1. The van der Waals surface area contributed by atoms with Gasteiger partial charge in [0.1, 0.15) is 0 Å². The van der Waals surface area contributed by atoms with Crippen LogP contribution in [-0.2, 0) is 6.54 Å². The van der Waals surface area contributed by atoms with Crippen LogP contribution in [0.15, 0.2) is 30.5 Å². The van der Waals surface area contributed by atoms with Crippen molar-refractivity contribution in [3.63, 3.8) is 0 Å². The highest BCUT2D eigenvalue weighted by atomic mass is 16.4. The van der Waals surface area contributed by atoms with Crippen molar-refractivity contribution in [1.29, 1.82) is 0 Å². The van der Waals surface area contributed by atoms with Crippen LogP contribution >= 0.6 is 0 Å². The number of carboxylic acids is 1. The summed E-state index contributed by atoms with van der Waals surface area (Å²) in [6.45, 7) is 3.22. The molecule has 0 radical (unpaired) electrons. The van der Waals surface area contributed by atoms with Gasteiger partial charge in [0.2, 0.25) is 0 Å². The summed E-state index contributed by atoms with van der Waals surface area (Å²) in [5.41, 5.74) is 1.39. The minimum absolute atomic E-state index is 0.364. The highest BCUT2D eigenvalue weighted by Crippen LogP contribution is 2.19. The van der Waals surface area contributed by atoms with Gasteiger partial charge in [0, 0.05) is 18.3 Å². The molecular formula is C19H27NO2. The summed E-state index contributed by atoms with van der Waals surface area (Å²) in [5, 5.41) is 10.2. The molecule has 120 valence electrons. The van der Waals surface area contributed by atoms with Gasteiger partial charge in [-0.3, -0.25) is 0 Å². The van der Waals surface area contributed by atoms with E-state index >= 15 is 0 Å². The monoisotopic (exact) mass is 301 g/mol. The maximum atomic E-state index is 11.1. The molecule has 0 saturated carbocycles. The van der Waals surface area contributed by atoms with Gasteiger partial charge >= 0.3 is 5.97 Å². The third-order valence-corrected chi connectivity index (χ3v) is 4.27. The lowest BCUT2D eigenvalue weighted by Gasteiger charge is -2.06. The molecule has 0 aliphatic heterocycles. The van der Waals surface area contributed by atoms with E-state index in [1.807, 2.05) is 6.07 Å². The Hall–Kier alpha value is -1.77. The van der Waals surface area contributed by atoms with Gasteiger partial charge in [-0.2, -0.15) is 0 Å². The molecule has 0 atom stereocenters. The van der Waals surface area contributed by atoms with Crippen LogP contribution in [0.4, 0.5) is 0 Å². The first-order valence-corrected chi connectivity index (χ1v) is 8.54. The fraction of sp³-hybridized carbons (Fsp3) is 0.526. The predicted octanol–water partition coefficient (Wildman–Crippen LogP) is 5.48. The van der Waals surface area contributed by atoms with E-state index in [4.69, 9.17) is 5.11 Å². The van der Waals surface area contributed by atoms with Gasteiger partial charge in [-0.1, -0.05) is 57.9 Å². The van der Waals surface area contributed by atoms with Crippen LogP contribution in [0, 0.1) is 0 Å². The van der Waals surface area contributed by atoms with Crippen molar-refractivity contribution in [1.82, 2.24) is 4.57 Å². The normalized spacial score (nSPS) is 11.1. The Bertz CT molecular complexity index is 601. The first-order chi connectivity index (χ1) is 10.7. The molecule has 3 nitrogen and oxygen atoms in total. The summed E-state index contributed by atoms with van der Waals surface area (Å²) < 4.78 is 2.18. The number of carboxylic acid groups (broad SMARTS) is 1. The lowest BCUT2D eigenvalue weighted by Crippen LogP contribution is -1.99. The highest BCUT2D eigenvalue weighted by Gasteiger charge is 2.06. The van der Waals surface area contributed by atoms with Crippen molar-refractivity contribution in [3.8, 4) is 0 Å². The van der Waals surface area contributed by atoms with Crippen molar-refractivity contribution in [2.45, 2.75) is 64.8 Å². The molecule has 0 saturated heterocycles. The maximum absolute atomic E-state index is 11.1. The van der Waals surface area contributed by atoms with Gasteiger partial charge in [0.05, 0.1) is 5.56 Å². The van der Waals surface area contributed by atoms with Gasteiger partial charge in [-0.05, 0) is 30.0 Å². The Labute approximate surface area is 133 Å². The van der Waals surface area contributed by atoms with E-state index < -0.39 is 5.97 Å². The van der Waals surface area contributed by atoms with E-state index in [-0.39, 0.29) is 0 Å². The van der Waals surface area contributed by atoms with Crippen LogP contribution in [0.25, 0.3) is 10.9 Å². The van der Waals surface area contributed by atoms with E-state index in [0.29, 0.717) is 5.56 Å². The van der Waals surface area contributed by atoms with Gasteiger partial charge < -0.3 is 9.67 Å². The Morgan fingerprint density at radius 2 is 1.68 bits per heavy atom. The van der Waals surface area contributed by atoms with Gasteiger partial charge in [0.15, 0.2) is 0 Å². The summed E-state index contributed by atoms with van der Waals surface area (Å²) in [6.07, 6.45) is 12.5. The summed E-state index contributed by atoms with van der Waals surface area (Å²) in [6, 6.07) is 7.41. The van der Waals surface area contributed by atoms with Crippen LogP contribution in [0.1, 0.15) is 68.6 Å². The zero-order chi connectivity index (χ0) is 15.8. The first-order valence-electron chi connectivity index (χ1n) is 8.54. The number of fused-ring (bicyclic) bond motifs is 1. The van der Waals surface area contributed by atoms with Crippen LogP contribution in [0.3, 0.4) is 0 Å².